The number of nitrogens with zero attached hydrogens (tertiary/aromatic N) is 2. The second kappa shape index (κ2) is 7.85. The molecule has 0 spiro atoms. The fourth-order valence-electron chi connectivity index (χ4n) is 2.72. The Morgan fingerprint density at radius 3 is 2.26 bits per heavy atom. The minimum atomic E-state index is -3.71. The third kappa shape index (κ3) is 5.12. The molecule has 0 bridgehead atoms. The van der Waals surface area contributed by atoms with E-state index in [1.165, 1.54) is 17.7 Å². The van der Waals surface area contributed by atoms with E-state index in [0.717, 1.165) is 17.7 Å². The monoisotopic (exact) mass is 382 g/mol. The molecule has 140 valence electrons. The van der Waals surface area contributed by atoms with Crippen molar-refractivity contribution in [2.75, 3.05) is 5.32 Å². The maximum Gasteiger partial charge on any atom is 0.238 e. The van der Waals surface area contributed by atoms with Crippen molar-refractivity contribution in [1.82, 2.24) is 9.97 Å². The Kier molecular flexibility index (Phi) is 5.53. The van der Waals surface area contributed by atoms with E-state index in [0.29, 0.717) is 17.6 Å². The molecule has 0 amide bonds. The first-order chi connectivity index (χ1) is 12.8. The number of hydrogen-bond donors (Lipinski definition) is 2. The molecule has 0 radical (unpaired) electrons. The molecule has 3 N–H and O–H groups in total. The van der Waals surface area contributed by atoms with Gasteiger partial charge in [-0.1, -0.05) is 38.1 Å². The second-order valence-electron chi connectivity index (χ2n) is 6.75. The first-order valence-corrected chi connectivity index (χ1v) is 10.2. The lowest BCUT2D eigenvalue weighted by atomic mass is 10.0. The van der Waals surface area contributed by atoms with Gasteiger partial charge < -0.3 is 5.32 Å². The van der Waals surface area contributed by atoms with Gasteiger partial charge >= 0.3 is 0 Å². The van der Waals surface area contributed by atoms with Crippen LogP contribution in [-0.2, 0) is 16.4 Å². The van der Waals surface area contributed by atoms with Crippen molar-refractivity contribution >= 4 is 21.7 Å². The van der Waals surface area contributed by atoms with Crippen LogP contribution in [0.25, 0.3) is 11.3 Å². The maximum atomic E-state index is 11.3. The smallest absolute Gasteiger partial charge is 0.238 e. The third-order valence-corrected chi connectivity index (χ3v) is 4.92. The Hall–Kier alpha value is -2.77. The number of aromatic nitrogens is 2. The summed E-state index contributed by atoms with van der Waals surface area (Å²) in [6, 6.07) is 16.3. The zero-order valence-corrected chi connectivity index (χ0v) is 16.1. The average molecular weight is 382 g/mol. The lowest BCUT2D eigenvalue weighted by Crippen LogP contribution is -2.11. The molecule has 6 nitrogen and oxygen atoms in total. The van der Waals surface area contributed by atoms with Crippen molar-refractivity contribution in [2.24, 2.45) is 11.1 Å². The molecule has 0 atom stereocenters. The lowest BCUT2D eigenvalue weighted by Gasteiger charge is -2.09. The van der Waals surface area contributed by atoms with E-state index < -0.39 is 10.0 Å². The number of sulfonamides is 1. The highest BCUT2D eigenvalue weighted by Gasteiger charge is 2.08. The van der Waals surface area contributed by atoms with E-state index in [9.17, 15) is 8.42 Å². The minimum absolute atomic E-state index is 0.0595. The van der Waals surface area contributed by atoms with Gasteiger partial charge in [0.15, 0.2) is 0 Å². The van der Waals surface area contributed by atoms with Crippen molar-refractivity contribution in [3.05, 3.63) is 66.4 Å². The van der Waals surface area contributed by atoms with Gasteiger partial charge in [0.25, 0.3) is 0 Å². The molecule has 7 heteroatoms. The molecule has 0 aliphatic rings. The van der Waals surface area contributed by atoms with Crippen LogP contribution in [0.2, 0.25) is 0 Å². The molecule has 27 heavy (non-hydrogen) atoms. The van der Waals surface area contributed by atoms with E-state index in [1.807, 2.05) is 6.07 Å². The first kappa shape index (κ1) is 19.0. The van der Waals surface area contributed by atoms with Crippen LogP contribution in [-0.4, -0.2) is 18.4 Å². The van der Waals surface area contributed by atoms with Crippen molar-refractivity contribution in [2.45, 2.75) is 25.2 Å². The summed E-state index contributed by atoms with van der Waals surface area (Å²) >= 11 is 0. The van der Waals surface area contributed by atoms with Crippen molar-refractivity contribution in [3.63, 3.8) is 0 Å². The summed E-state index contributed by atoms with van der Waals surface area (Å²) in [5.74, 6) is 1.05. The highest BCUT2D eigenvalue weighted by molar-refractivity contribution is 7.89. The fourth-order valence-corrected chi connectivity index (χ4v) is 3.24. The number of benzene rings is 2. The van der Waals surface area contributed by atoms with E-state index in [1.54, 1.807) is 18.3 Å². The topological polar surface area (TPSA) is 98.0 Å². The molecule has 0 aliphatic heterocycles. The standard InChI is InChI=1S/C20H22N4O2S/c1-14(2)13-15-3-5-16(6-4-15)19-11-12-22-20(24-19)23-17-7-9-18(10-8-17)27(21,25)26/h3-12,14H,13H2,1-2H3,(H2,21,25,26)(H,22,23,24). The van der Waals surface area contributed by atoms with Gasteiger partial charge in [0.1, 0.15) is 0 Å². The average Bonchev–Trinajstić information content (AvgIpc) is 2.62. The number of nitrogens with two attached hydrogens (primary N) is 1. The van der Waals surface area contributed by atoms with Crippen LogP contribution in [0.15, 0.2) is 65.7 Å². The molecule has 1 aromatic heterocycles. The minimum Gasteiger partial charge on any atom is -0.324 e. The summed E-state index contributed by atoms with van der Waals surface area (Å²) in [7, 11) is -3.71. The number of primary sulfonamides is 1. The normalized spacial score (nSPS) is 11.6. The highest BCUT2D eigenvalue weighted by atomic mass is 32.2. The fraction of sp³-hybridized carbons (Fsp3) is 0.200. The summed E-state index contributed by atoms with van der Waals surface area (Å²) in [4.78, 5) is 8.82. The van der Waals surface area contributed by atoms with Gasteiger partial charge in [-0.05, 0) is 48.2 Å². The molecule has 3 rings (SSSR count). The lowest BCUT2D eigenvalue weighted by molar-refractivity contribution is 0.598. The zero-order chi connectivity index (χ0) is 19.4. The quantitative estimate of drug-likeness (QED) is 0.677. The van der Waals surface area contributed by atoms with E-state index in [2.05, 4.69) is 53.4 Å². The van der Waals surface area contributed by atoms with Gasteiger partial charge in [0.2, 0.25) is 16.0 Å². The Morgan fingerprint density at radius 2 is 1.67 bits per heavy atom. The summed E-state index contributed by atoms with van der Waals surface area (Å²) in [5, 5.41) is 8.18. The van der Waals surface area contributed by atoms with Gasteiger partial charge in [0, 0.05) is 17.4 Å². The van der Waals surface area contributed by atoms with Gasteiger partial charge in [-0.2, -0.15) is 0 Å². The molecule has 1 heterocycles. The zero-order valence-electron chi connectivity index (χ0n) is 15.3. The Balaban J connectivity index is 1.77. The summed E-state index contributed by atoms with van der Waals surface area (Å²) in [6.45, 7) is 4.40. The van der Waals surface area contributed by atoms with E-state index in [4.69, 9.17) is 5.14 Å². The van der Waals surface area contributed by atoms with Gasteiger partial charge in [-0.3, -0.25) is 0 Å². The van der Waals surface area contributed by atoms with E-state index in [-0.39, 0.29) is 4.90 Å². The van der Waals surface area contributed by atoms with Crippen LogP contribution in [0, 0.1) is 5.92 Å². The maximum absolute atomic E-state index is 11.3. The first-order valence-electron chi connectivity index (χ1n) is 8.63. The molecular formula is C20H22N4O2S. The molecule has 0 fully saturated rings. The summed E-state index contributed by atoms with van der Waals surface area (Å²) in [5.41, 5.74) is 3.80. The summed E-state index contributed by atoms with van der Waals surface area (Å²) < 4.78 is 22.6. The van der Waals surface area contributed by atoms with Gasteiger partial charge in [0.05, 0.1) is 10.6 Å². The number of hydrogen-bond acceptors (Lipinski definition) is 5. The Morgan fingerprint density at radius 1 is 1.00 bits per heavy atom. The van der Waals surface area contributed by atoms with Crippen LogP contribution < -0.4 is 10.5 Å². The second-order valence-corrected chi connectivity index (χ2v) is 8.32. The predicted molar refractivity (Wildman–Crippen MR) is 107 cm³/mol. The predicted octanol–water partition coefficient (Wildman–Crippen LogP) is 3.73. The van der Waals surface area contributed by atoms with Crippen LogP contribution in [0.3, 0.4) is 0 Å². The molecular weight excluding hydrogens is 360 g/mol. The Labute approximate surface area is 159 Å². The van der Waals surface area contributed by atoms with Crippen molar-refractivity contribution in [3.8, 4) is 11.3 Å². The number of rotatable bonds is 6. The number of anilines is 2. The van der Waals surface area contributed by atoms with Gasteiger partial charge in [-0.25, -0.2) is 23.5 Å². The van der Waals surface area contributed by atoms with Crippen LogP contribution >= 0.6 is 0 Å². The molecule has 0 saturated carbocycles. The van der Waals surface area contributed by atoms with Crippen LogP contribution in [0.4, 0.5) is 11.6 Å². The van der Waals surface area contributed by atoms with Crippen molar-refractivity contribution < 1.29 is 8.42 Å². The Bertz CT molecular complexity index is 1010. The number of nitrogens with one attached hydrogen (secondary N) is 1. The molecule has 3 aromatic rings. The van der Waals surface area contributed by atoms with Gasteiger partial charge in [-0.15, -0.1) is 0 Å². The third-order valence-electron chi connectivity index (χ3n) is 3.99. The van der Waals surface area contributed by atoms with E-state index >= 15 is 0 Å². The highest BCUT2D eigenvalue weighted by Crippen LogP contribution is 2.21. The molecule has 0 aliphatic carbocycles. The van der Waals surface area contributed by atoms with Crippen LogP contribution in [0.5, 0.6) is 0 Å². The largest absolute Gasteiger partial charge is 0.324 e. The van der Waals surface area contributed by atoms with Crippen LogP contribution in [0.1, 0.15) is 19.4 Å². The molecule has 0 unspecified atom stereocenters. The molecule has 2 aromatic carbocycles. The molecule has 0 saturated heterocycles. The van der Waals surface area contributed by atoms with Crippen molar-refractivity contribution in [1.29, 1.82) is 0 Å². The SMILES string of the molecule is CC(C)Cc1ccc(-c2ccnc(Nc3ccc(S(N)(=O)=O)cc3)n2)cc1. The summed E-state index contributed by atoms with van der Waals surface area (Å²) in [6.07, 6.45) is 2.73.